The van der Waals surface area contributed by atoms with Gasteiger partial charge in [0.1, 0.15) is 12.0 Å². The fraction of sp³-hybridized carbons (Fsp3) is 0.538. The monoisotopic (exact) mass is 220 g/mol. The number of hydrogen-bond acceptors (Lipinski definition) is 3. The summed E-state index contributed by atoms with van der Waals surface area (Å²) in [4.78, 5) is 23.7. The van der Waals surface area contributed by atoms with Crippen LogP contribution in [0.25, 0.3) is 0 Å². The predicted molar refractivity (Wildman–Crippen MR) is 60.5 cm³/mol. The summed E-state index contributed by atoms with van der Waals surface area (Å²) in [7, 11) is 0. The van der Waals surface area contributed by atoms with Crippen LogP contribution in [0.4, 0.5) is 0 Å². The number of Topliss-reactive ketones (excluding diaryl/α,β-unsaturated/α-hetero) is 1. The van der Waals surface area contributed by atoms with E-state index < -0.39 is 11.4 Å². The van der Waals surface area contributed by atoms with Crippen molar-refractivity contribution in [3.8, 4) is 11.8 Å². The second kappa shape index (κ2) is 5.50. The Morgan fingerprint density at radius 2 is 2.44 bits per heavy atom. The highest BCUT2D eigenvalue weighted by molar-refractivity contribution is 6.05. The number of rotatable bonds is 4. The van der Waals surface area contributed by atoms with E-state index in [1.54, 1.807) is 6.92 Å². The summed E-state index contributed by atoms with van der Waals surface area (Å²) in [5, 5.41) is 0. The smallest absolute Gasteiger partial charge is 0.320 e. The van der Waals surface area contributed by atoms with Crippen molar-refractivity contribution >= 4 is 11.8 Å². The van der Waals surface area contributed by atoms with Gasteiger partial charge in [-0.1, -0.05) is 12.7 Å². The first kappa shape index (κ1) is 12.5. The van der Waals surface area contributed by atoms with Crippen molar-refractivity contribution in [2.45, 2.75) is 32.6 Å². The number of carbonyl (C=O) groups excluding carboxylic acids is 2. The Kier molecular flexibility index (Phi) is 4.30. The molecule has 0 N–H and O–H groups in total. The maximum absolute atomic E-state index is 11.9. The van der Waals surface area contributed by atoms with E-state index in [0.29, 0.717) is 12.8 Å². The minimum Gasteiger partial charge on any atom is -0.461 e. The molecule has 0 bridgehead atoms. The topological polar surface area (TPSA) is 43.4 Å². The van der Waals surface area contributed by atoms with Crippen molar-refractivity contribution in [2.24, 2.45) is 5.41 Å². The third kappa shape index (κ3) is 2.33. The van der Waals surface area contributed by atoms with Gasteiger partial charge in [-0.2, -0.15) is 0 Å². The predicted octanol–water partition coefficient (Wildman–Crippen LogP) is 1.87. The van der Waals surface area contributed by atoms with Crippen LogP contribution in [0.1, 0.15) is 32.6 Å². The Balaban J connectivity index is 2.84. The van der Waals surface area contributed by atoms with Crippen LogP contribution in [0.15, 0.2) is 12.7 Å². The largest absolute Gasteiger partial charge is 0.461 e. The second-order valence-electron chi connectivity index (χ2n) is 3.85. The maximum atomic E-state index is 11.9. The van der Waals surface area contributed by atoms with E-state index in [2.05, 4.69) is 18.4 Å². The van der Waals surface area contributed by atoms with Gasteiger partial charge in [0.2, 0.25) is 0 Å². The zero-order chi connectivity index (χ0) is 12.0. The average Bonchev–Trinajstić information content (AvgIpc) is 2.66. The molecule has 16 heavy (non-hydrogen) atoms. The number of carbonyl (C=O) groups is 2. The summed E-state index contributed by atoms with van der Waals surface area (Å²) in [5.41, 5.74) is -1.01. The van der Waals surface area contributed by atoms with Gasteiger partial charge in [0, 0.05) is 12.8 Å². The molecule has 1 aliphatic rings. The molecule has 1 aliphatic carbocycles. The molecule has 0 heterocycles. The van der Waals surface area contributed by atoms with Crippen molar-refractivity contribution in [3.63, 3.8) is 0 Å². The molecule has 86 valence electrons. The third-order valence-electron chi connectivity index (χ3n) is 2.83. The quantitative estimate of drug-likeness (QED) is 0.314. The van der Waals surface area contributed by atoms with Crippen LogP contribution in [-0.2, 0) is 14.3 Å². The molecule has 3 heteroatoms. The summed E-state index contributed by atoms with van der Waals surface area (Å²) in [6.45, 7) is 5.32. The minimum atomic E-state index is -1.01. The van der Waals surface area contributed by atoms with Crippen LogP contribution in [0, 0.1) is 17.3 Å². The van der Waals surface area contributed by atoms with Gasteiger partial charge in [-0.15, -0.1) is 11.8 Å². The van der Waals surface area contributed by atoms with Crippen molar-refractivity contribution in [1.82, 2.24) is 0 Å². The molecule has 1 atom stereocenters. The van der Waals surface area contributed by atoms with E-state index in [-0.39, 0.29) is 18.8 Å². The van der Waals surface area contributed by atoms with Gasteiger partial charge in [-0.3, -0.25) is 9.59 Å². The number of hydrogen-bond donors (Lipinski definition) is 0. The normalized spacial score (nSPS) is 23.4. The summed E-state index contributed by atoms with van der Waals surface area (Å²) < 4.78 is 5.00. The molecule has 0 aromatic heterocycles. The average molecular weight is 220 g/mol. The standard InChI is InChI=1S/C13H16O3/c1-3-5-8-13(9-6-7-11(13)14)12(15)16-10-4-2/h4H,2,6-10H2,1H3. The van der Waals surface area contributed by atoms with Crippen molar-refractivity contribution in [1.29, 1.82) is 0 Å². The lowest BCUT2D eigenvalue weighted by Crippen LogP contribution is -2.36. The molecule has 1 rings (SSSR count). The molecule has 0 aliphatic heterocycles. The Morgan fingerprint density at radius 3 is 2.94 bits per heavy atom. The highest BCUT2D eigenvalue weighted by Crippen LogP contribution is 2.39. The third-order valence-corrected chi connectivity index (χ3v) is 2.83. The zero-order valence-electron chi connectivity index (χ0n) is 9.54. The van der Waals surface area contributed by atoms with Crippen LogP contribution in [0.2, 0.25) is 0 Å². The molecule has 0 amide bonds. The van der Waals surface area contributed by atoms with Crippen molar-refractivity contribution in [2.75, 3.05) is 6.61 Å². The molecule has 1 fully saturated rings. The van der Waals surface area contributed by atoms with Crippen molar-refractivity contribution < 1.29 is 14.3 Å². The van der Waals surface area contributed by atoms with Gasteiger partial charge >= 0.3 is 5.97 Å². The van der Waals surface area contributed by atoms with Gasteiger partial charge < -0.3 is 4.74 Å². The molecule has 0 aromatic carbocycles. The fourth-order valence-electron chi connectivity index (χ4n) is 1.92. The SMILES string of the molecule is C=CCOC(=O)C1(CC#CC)CCCC1=O. The minimum absolute atomic E-state index is 0.0377. The summed E-state index contributed by atoms with van der Waals surface area (Å²) in [5.74, 6) is 5.06. The first-order valence-electron chi connectivity index (χ1n) is 5.38. The maximum Gasteiger partial charge on any atom is 0.320 e. The first-order chi connectivity index (χ1) is 7.67. The van der Waals surface area contributed by atoms with Gasteiger partial charge in [0.25, 0.3) is 0 Å². The van der Waals surface area contributed by atoms with Crippen LogP contribution < -0.4 is 0 Å². The van der Waals surface area contributed by atoms with Gasteiger partial charge in [-0.25, -0.2) is 0 Å². The summed E-state index contributed by atoms with van der Waals surface area (Å²) in [6, 6.07) is 0. The van der Waals surface area contributed by atoms with E-state index in [1.807, 2.05) is 0 Å². The molecule has 0 spiro atoms. The molecular formula is C13H16O3. The van der Waals surface area contributed by atoms with E-state index >= 15 is 0 Å². The fourth-order valence-corrected chi connectivity index (χ4v) is 1.92. The van der Waals surface area contributed by atoms with Gasteiger partial charge in [0.15, 0.2) is 5.78 Å². The Hall–Kier alpha value is -1.56. The highest BCUT2D eigenvalue weighted by Gasteiger charge is 2.49. The molecule has 0 saturated heterocycles. The molecule has 0 radical (unpaired) electrons. The summed E-state index contributed by atoms with van der Waals surface area (Å²) >= 11 is 0. The number of ketones is 1. The highest BCUT2D eigenvalue weighted by atomic mass is 16.5. The van der Waals surface area contributed by atoms with Gasteiger partial charge in [-0.05, 0) is 19.8 Å². The van der Waals surface area contributed by atoms with E-state index in [1.165, 1.54) is 6.08 Å². The van der Waals surface area contributed by atoms with Crippen molar-refractivity contribution in [3.05, 3.63) is 12.7 Å². The Bertz CT molecular complexity index is 359. The Morgan fingerprint density at radius 1 is 1.69 bits per heavy atom. The van der Waals surface area contributed by atoms with Crippen LogP contribution in [-0.4, -0.2) is 18.4 Å². The summed E-state index contributed by atoms with van der Waals surface area (Å²) in [6.07, 6.45) is 3.52. The van der Waals surface area contributed by atoms with E-state index in [0.717, 1.165) is 6.42 Å². The van der Waals surface area contributed by atoms with Crippen LogP contribution >= 0.6 is 0 Å². The second-order valence-corrected chi connectivity index (χ2v) is 3.85. The molecule has 1 unspecified atom stereocenters. The Labute approximate surface area is 95.9 Å². The van der Waals surface area contributed by atoms with Crippen LogP contribution in [0.3, 0.4) is 0 Å². The lowest BCUT2D eigenvalue weighted by Gasteiger charge is -2.22. The van der Waals surface area contributed by atoms with E-state index in [9.17, 15) is 9.59 Å². The molecule has 3 nitrogen and oxygen atoms in total. The molecular weight excluding hydrogens is 204 g/mol. The lowest BCUT2D eigenvalue weighted by molar-refractivity contribution is -0.157. The molecule has 0 aromatic rings. The lowest BCUT2D eigenvalue weighted by atomic mass is 9.82. The zero-order valence-corrected chi connectivity index (χ0v) is 9.54. The van der Waals surface area contributed by atoms with Crippen LogP contribution in [0.5, 0.6) is 0 Å². The molecule has 1 saturated carbocycles. The first-order valence-corrected chi connectivity index (χ1v) is 5.38. The number of ether oxygens (including phenoxy) is 1. The number of esters is 1. The van der Waals surface area contributed by atoms with Gasteiger partial charge in [0.05, 0.1) is 0 Å². The van der Waals surface area contributed by atoms with E-state index in [4.69, 9.17) is 4.74 Å².